The highest BCUT2D eigenvalue weighted by Crippen LogP contribution is 2.30. The van der Waals surface area contributed by atoms with Crippen molar-refractivity contribution >= 4 is 23.0 Å². The second kappa shape index (κ2) is 8.84. The Labute approximate surface area is 170 Å². The van der Waals surface area contributed by atoms with Crippen molar-refractivity contribution in [2.45, 2.75) is 13.1 Å². The van der Waals surface area contributed by atoms with Gasteiger partial charge in [0.25, 0.3) is 0 Å². The third-order valence-electron chi connectivity index (χ3n) is 4.54. The van der Waals surface area contributed by atoms with Crippen molar-refractivity contribution in [3.63, 3.8) is 0 Å². The lowest BCUT2D eigenvalue weighted by atomic mass is 10.1. The van der Waals surface area contributed by atoms with E-state index in [9.17, 15) is 0 Å². The van der Waals surface area contributed by atoms with E-state index in [1.165, 1.54) is 17.5 Å². The predicted molar refractivity (Wildman–Crippen MR) is 117 cm³/mol. The van der Waals surface area contributed by atoms with Crippen LogP contribution in [0.15, 0.2) is 91.5 Å². The molecule has 0 radical (unpaired) electrons. The normalized spacial score (nSPS) is 10.5. The van der Waals surface area contributed by atoms with Crippen LogP contribution < -0.4 is 16.0 Å². The highest BCUT2D eigenvalue weighted by molar-refractivity contribution is 5.78. The molecular weight excluding hydrogens is 360 g/mol. The Morgan fingerprint density at radius 1 is 0.759 bits per heavy atom. The van der Waals surface area contributed by atoms with Crippen LogP contribution in [0.5, 0.6) is 0 Å². The average molecular weight is 382 g/mol. The van der Waals surface area contributed by atoms with Crippen LogP contribution in [0.2, 0.25) is 0 Å². The van der Waals surface area contributed by atoms with Crippen molar-refractivity contribution in [2.75, 3.05) is 16.0 Å². The van der Waals surface area contributed by atoms with E-state index in [2.05, 4.69) is 49.4 Å². The van der Waals surface area contributed by atoms with Gasteiger partial charge in [-0.05, 0) is 23.3 Å². The van der Waals surface area contributed by atoms with Gasteiger partial charge in [-0.15, -0.1) is 0 Å². The van der Waals surface area contributed by atoms with Gasteiger partial charge < -0.3 is 16.0 Å². The van der Waals surface area contributed by atoms with Crippen molar-refractivity contribution < 1.29 is 0 Å². The fourth-order valence-electron chi connectivity index (χ4n) is 3.12. The van der Waals surface area contributed by atoms with Crippen LogP contribution in [-0.2, 0) is 13.1 Å². The number of benzene rings is 2. The zero-order chi connectivity index (χ0) is 19.9. The summed E-state index contributed by atoms with van der Waals surface area (Å²) in [5.74, 6) is 1.27. The van der Waals surface area contributed by atoms with Crippen LogP contribution in [0.1, 0.15) is 11.1 Å². The summed E-state index contributed by atoms with van der Waals surface area (Å²) in [6, 6.07) is 24.3. The smallest absolute Gasteiger partial charge is 0.159 e. The molecule has 29 heavy (non-hydrogen) atoms. The SMILES string of the molecule is Nc1c(Nc2ccncc2)ncnc1N(Cc1ccccc1)Cc1ccccc1. The molecule has 0 atom stereocenters. The average Bonchev–Trinajstić information content (AvgIpc) is 2.77. The van der Waals surface area contributed by atoms with Gasteiger partial charge >= 0.3 is 0 Å². The van der Waals surface area contributed by atoms with Crippen LogP contribution in [0.4, 0.5) is 23.0 Å². The van der Waals surface area contributed by atoms with Crippen LogP contribution in [0.3, 0.4) is 0 Å². The first kappa shape index (κ1) is 18.4. The van der Waals surface area contributed by atoms with Crippen molar-refractivity contribution in [1.29, 1.82) is 0 Å². The van der Waals surface area contributed by atoms with Gasteiger partial charge in [0.15, 0.2) is 11.6 Å². The van der Waals surface area contributed by atoms with E-state index in [0.29, 0.717) is 30.4 Å². The predicted octanol–water partition coefficient (Wildman–Crippen LogP) is 4.40. The molecule has 4 aromatic rings. The molecule has 0 saturated heterocycles. The van der Waals surface area contributed by atoms with Gasteiger partial charge in [0, 0.05) is 31.2 Å². The fraction of sp³-hybridized carbons (Fsp3) is 0.0870. The zero-order valence-corrected chi connectivity index (χ0v) is 15.9. The maximum absolute atomic E-state index is 6.49. The third kappa shape index (κ3) is 4.68. The standard InChI is InChI=1S/C23H22N6/c24-21-22(28-20-11-13-25-14-12-20)26-17-27-23(21)29(15-18-7-3-1-4-8-18)16-19-9-5-2-6-10-19/h1-14,17H,15-16,24H2,(H,25,26,27,28). The lowest BCUT2D eigenvalue weighted by Crippen LogP contribution is -2.24. The van der Waals surface area contributed by atoms with E-state index < -0.39 is 0 Å². The number of anilines is 4. The van der Waals surface area contributed by atoms with E-state index in [1.54, 1.807) is 12.4 Å². The molecule has 0 fully saturated rings. The minimum Gasteiger partial charge on any atom is -0.393 e. The first-order valence-corrected chi connectivity index (χ1v) is 9.40. The summed E-state index contributed by atoms with van der Waals surface area (Å²) in [6.07, 6.45) is 4.98. The Hall–Kier alpha value is -3.93. The summed E-state index contributed by atoms with van der Waals surface area (Å²) in [5, 5.41) is 3.25. The molecule has 0 aliphatic carbocycles. The number of nitrogens with two attached hydrogens (primary N) is 1. The van der Waals surface area contributed by atoms with E-state index in [0.717, 1.165) is 5.69 Å². The van der Waals surface area contributed by atoms with Gasteiger partial charge in [0.1, 0.15) is 12.0 Å². The quantitative estimate of drug-likeness (QED) is 0.493. The van der Waals surface area contributed by atoms with Crippen LogP contribution in [-0.4, -0.2) is 15.0 Å². The molecule has 4 rings (SSSR count). The minimum atomic E-state index is 0.510. The fourth-order valence-corrected chi connectivity index (χ4v) is 3.12. The molecule has 0 aliphatic heterocycles. The molecule has 144 valence electrons. The number of nitrogens with zero attached hydrogens (tertiary/aromatic N) is 4. The third-order valence-corrected chi connectivity index (χ3v) is 4.54. The second-order valence-electron chi connectivity index (χ2n) is 6.65. The summed E-state index contributed by atoms with van der Waals surface area (Å²) >= 11 is 0. The lowest BCUT2D eigenvalue weighted by Gasteiger charge is -2.26. The molecule has 0 unspecified atom stereocenters. The van der Waals surface area contributed by atoms with Crippen LogP contribution in [0, 0.1) is 0 Å². The second-order valence-corrected chi connectivity index (χ2v) is 6.65. The Balaban J connectivity index is 1.67. The van der Waals surface area contributed by atoms with Gasteiger partial charge in [0.05, 0.1) is 0 Å². The molecule has 2 heterocycles. The van der Waals surface area contributed by atoms with Crippen molar-refractivity contribution in [3.8, 4) is 0 Å². The monoisotopic (exact) mass is 382 g/mol. The Morgan fingerprint density at radius 3 is 1.93 bits per heavy atom. The lowest BCUT2D eigenvalue weighted by molar-refractivity contribution is 0.782. The van der Waals surface area contributed by atoms with Crippen molar-refractivity contribution in [3.05, 3.63) is 103 Å². The van der Waals surface area contributed by atoms with Crippen LogP contribution >= 0.6 is 0 Å². The molecular formula is C23H22N6. The van der Waals surface area contributed by atoms with Crippen molar-refractivity contribution in [2.24, 2.45) is 0 Å². The molecule has 0 bridgehead atoms. The summed E-state index contributed by atoms with van der Waals surface area (Å²) in [6.45, 7) is 1.37. The highest BCUT2D eigenvalue weighted by atomic mass is 15.2. The number of hydrogen-bond acceptors (Lipinski definition) is 6. The van der Waals surface area contributed by atoms with Gasteiger partial charge in [-0.25, -0.2) is 9.97 Å². The summed E-state index contributed by atoms with van der Waals surface area (Å²) < 4.78 is 0. The highest BCUT2D eigenvalue weighted by Gasteiger charge is 2.16. The number of pyridine rings is 1. The molecule has 6 heteroatoms. The van der Waals surface area contributed by atoms with Gasteiger partial charge in [-0.2, -0.15) is 0 Å². The number of rotatable bonds is 7. The molecule has 0 amide bonds. The molecule has 0 aliphatic rings. The molecule has 0 saturated carbocycles. The summed E-state index contributed by atoms with van der Waals surface area (Å²) in [4.78, 5) is 15.0. The molecule has 3 N–H and O–H groups in total. The molecule has 6 nitrogen and oxygen atoms in total. The number of nitrogen functional groups attached to an aromatic ring is 1. The van der Waals surface area contributed by atoms with E-state index in [4.69, 9.17) is 5.73 Å². The van der Waals surface area contributed by atoms with E-state index >= 15 is 0 Å². The Morgan fingerprint density at radius 2 is 1.34 bits per heavy atom. The van der Waals surface area contributed by atoms with Gasteiger partial charge in [0.2, 0.25) is 0 Å². The first-order valence-electron chi connectivity index (χ1n) is 9.40. The van der Waals surface area contributed by atoms with E-state index in [-0.39, 0.29) is 0 Å². The van der Waals surface area contributed by atoms with Crippen LogP contribution in [0.25, 0.3) is 0 Å². The summed E-state index contributed by atoms with van der Waals surface area (Å²) in [7, 11) is 0. The first-order chi connectivity index (χ1) is 14.3. The number of nitrogens with one attached hydrogen (secondary N) is 1. The summed E-state index contributed by atoms with van der Waals surface area (Å²) in [5.41, 5.74) is 10.2. The number of aromatic nitrogens is 3. The molecule has 2 aromatic carbocycles. The van der Waals surface area contributed by atoms with Gasteiger partial charge in [-0.1, -0.05) is 60.7 Å². The molecule has 0 spiro atoms. The Kier molecular flexibility index (Phi) is 5.62. The Bertz CT molecular complexity index is 997. The minimum absolute atomic E-state index is 0.510. The number of hydrogen-bond donors (Lipinski definition) is 2. The zero-order valence-electron chi connectivity index (χ0n) is 15.9. The van der Waals surface area contributed by atoms with E-state index in [1.807, 2.05) is 48.5 Å². The van der Waals surface area contributed by atoms with Gasteiger partial charge in [-0.3, -0.25) is 4.98 Å². The molecule has 2 aromatic heterocycles. The largest absolute Gasteiger partial charge is 0.393 e. The maximum atomic E-state index is 6.49. The maximum Gasteiger partial charge on any atom is 0.159 e. The topological polar surface area (TPSA) is 80.0 Å². The van der Waals surface area contributed by atoms with Crippen molar-refractivity contribution in [1.82, 2.24) is 15.0 Å².